The first-order valence-electron chi connectivity index (χ1n) is 7.18. The zero-order valence-electron chi connectivity index (χ0n) is 11.9. The van der Waals surface area contributed by atoms with Gasteiger partial charge in [-0.2, -0.15) is 0 Å². The quantitative estimate of drug-likeness (QED) is 0.918. The molecule has 3 rings (SSSR count). The molecule has 1 heterocycles. The lowest BCUT2D eigenvalue weighted by Crippen LogP contribution is -2.42. The number of hydrogen-bond acceptors (Lipinski definition) is 3. The maximum absolute atomic E-state index is 13.1. The second kappa shape index (κ2) is 6.00. The Morgan fingerprint density at radius 3 is 2.55 bits per heavy atom. The van der Waals surface area contributed by atoms with Crippen LogP contribution in [0.4, 0.5) is 14.5 Å². The van der Waals surface area contributed by atoms with Gasteiger partial charge in [0.15, 0.2) is 11.6 Å². The van der Waals surface area contributed by atoms with Crippen LogP contribution in [0.5, 0.6) is 0 Å². The number of ether oxygens (including phenoxy) is 1. The number of benzene rings is 1. The van der Waals surface area contributed by atoms with Crippen molar-refractivity contribution in [3.8, 4) is 0 Å². The van der Waals surface area contributed by atoms with E-state index < -0.39 is 17.6 Å². The predicted octanol–water partition coefficient (Wildman–Crippen LogP) is 1.40. The average molecular weight is 310 g/mol. The standard InChI is InChI=1S/C15H16F2N2O3/c16-12-2-1-9(7-13(12)17)18-14(20)10-8-11(10)15(21)19-3-5-22-6-4-19/h1-2,7,10-11H,3-6,8H2,(H,18,20). The SMILES string of the molecule is O=C(Nc1ccc(F)c(F)c1)C1CC1C(=O)N1CCOCC1. The van der Waals surface area contributed by atoms with Crippen LogP contribution in [-0.2, 0) is 14.3 Å². The van der Waals surface area contributed by atoms with E-state index in [1.807, 2.05) is 0 Å². The van der Waals surface area contributed by atoms with E-state index in [4.69, 9.17) is 4.74 Å². The summed E-state index contributed by atoms with van der Waals surface area (Å²) in [4.78, 5) is 26.0. The lowest BCUT2D eigenvalue weighted by molar-refractivity contribution is -0.137. The second-order valence-corrected chi connectivity index (χ2v) is 5.50. The topological polar surface area (TPSA) is 58.6 Å². The molecule has 2 aliphatic rings. The summed E-state index contributed by atoms with van der Waals surface area (Å²) in [5.41, 5.74) is 0.188. The van der Waals surface area contributed by atoms with E-state index in [0.29, 0.717) is 32.7 Å². The molecule has 118 valence electrons. The molecule has 22 heavy (non-hydrogen) atoms. The molecular formula is C15H16F2N2O3. The normalized spacial score (nSPS) is 24.0. The minimum Gasteiger partial charge on any atom is -0.378 e. The molecule has 5 nitrogen and oxygen atoms in total. The maximum Gasteiger partial charge on any atom is 0.228 e. The van der Waals surface area contributed by atoms with Crippen LogP contribution in [-0.4, -0.2) is 43.0 Å². The molecule has 1 aromatic carbocycles. The highest BCUT2D eigenvalue weighted by molar-refractivity contribution is 5.99. The number of rotatable bonds is 3. The molecule has 1 aliphatic heterocycles. The maximum atomic E-state index is 13.1. The molecule has 1 aliphatic carbocycles. The first-order valence-corrected chi connectivity index (χ1v) is 7.18. The van der Waals surface area contributed by atoms with Crippen LogP contribution < -0.4 is 5.32 Å². The van der Waals surface area contributed by atoms with Gasteiger partial charge in [-0.25, -0.2) is 8.78 Å². The molecule has 2 fully saturated rings. The molecule has 2 unspecified atom stereocenters. The molecule has 0 radical (unpaired) electrons. The summed E-state index contributed by atoms with van der Waals surface area (Å²) in [6.45, 7) is 2.13. The molecular weight excluding hydrogens is 294 g/mol. The van der Waals surface area contributed by atoms with Crippen LogP contribution in [0.15, 0.2) is 18.2 Å². The summed E-state index contributed by atoms with van der Waals surface area (Å²) in [6.07, 6.45) is 0.492. The van der Waals surface area contributed by atoms with Crippen molar-refractivity contribution in [1.29, 1.82) is 0 Å². The van der Waals surface area contributed by atoms with Crippen LogP contribution in [0.2, 0.25) is 0 Å². The summed E-state index contributed by atoms with van der Waals surface area (Å²) >= 11 is 0. The number of morpholine rings is 1. The van der Waals surface area contributed by atoms with Crippen LogP contribution in [0.25, 0.3) is 0 Å². The fraction of sp³-hybridized carbons (Fsp3) is 0.467. The number of halogens is 2. The summed E-state index contributed by atoms with van der Waals surface area (Å²) in [7, 11) is 0. The van der Waals surface area contributed by atoms with Gasteiger partial charge in [-0.05, 0) is 18.6 Å². The van der Waals surface area contributed by atoms with Crippen LogP contribution in [0.1, 0.15) is 6.42 Å². The number of nitrogens with zero attached hydrogens (tertiary/aromatic N) is 1. The first kappa shape index (κ1) is 14.9. The molecule has 7 heteroatoms. The predicted molar refractivity (Wildman–Crippen MR) is 74.0 cm³/mol. The van der Waals surface area contributed by atoms with E-state index in [0.717, 1.165) is 12.1 Å². The van der Waals surface area contributed by atoms with Crippen molar-refractivity contribution in [2.75, 3.05) is 31.6 Å². The van der Waals surface area contributed by atoms with Crippen molar-refractivity contribution < 1.29 is 23.1 Å². The minimum atomic E-state index is -1.02. The Balaban J connectivity index is 1.55. The molecule has 1 saturated carbocycles. The van der Waals surface area contributed by atoms with E-state index in [9.17, 15) is 18.4 Å². The largest absolute Gasteiger partial charge is 0.378 e. The van der Waals surface area contributed by atoms with E-state index in [1.165, 1.54) is 6.07 Å². The van der Waals surface area contributed by atoms with E-state index in [2.05, 4.69) is 5.32 Å². The van der Waals surface area contributed by atoms with Crippen molar-refractivity contribution >= 4 is 17.5 Å². The zero-order chi connectivity index (χ0) is 15.7. The van der Waals surface area contributed by atoms with Crippen molar-refractivity contribution in [2.24, 2.45) is 11.8 Å². The lowest BCUT2D eigenvalue weighted by atomic mass is 10.2. The van der Waals surface area contributed by atoms with Gasteiger partial charge >= 0.3 is 0 Å². The second-order valence-electron chi connectivity index (χ2n) is 5.50. The first-order chi connectivity index (χ1) is 10.6. The van der Waals surface area contributed by atoms with Crippen molar-refractivity contribution in [3.05, 3.63) is 29.8 Å². The van der Waals surface area contributed by atoms with Crippen molar-refractivity contribution in [2.45, 2.75) is 6.42 Å². The molecule has 1 saturated heterocycles. The Bertz CT molecular complexity index is 602. The van der Waals surface area contributed by atoms with Gasteiger partial charge in [0.2, 0.25) is 11.8 Å². The van der Waals surface area contributed by atoms with E-state index in [-0.39, 0.29) is 23.4 Å². The third-order valence-electron chi connectivity index (χ3n) is 3.95. The number of hydrogen-bond donors (Lipinski definition) is 1. The van der Waals surface area contributed by atoms with Crippen molar-refractivity contribution in [3.63, 3.8) is 0 Å². The van der Waals surface area contributed by atoms with Crippen molar-refractivity contribution in [1.82, 2.24) is 4.90 Å². The molecule has 0 aromatic heterocycles. The molecule has 2 amide bonds. The zero-order valence-corrected chi connectivity index (χ0v) is 11.9. The van der Waals surface area contributed by atoms with Gasteiger partial charge < -0.3 is 15.0 Å². The minimum absolute atomic E-state index is 0.0336. The Kier molecular flexibility index (Phi) is 4.06. The van der Waals surface area contributed by atoms with Gasteiger partial charge in [0.1, 0.15) is 0 Å². The van der Waals surface area contributed by atoms with Gasteiger partial charge in [-0.3, -0.25) is 9.59 Å². The van der Waals surface area contributed by atoms with Gasteiger partial charge in [0.05, 0.1) is 25.0 Å². The third-order valence-corrected chi connectivity index (χ3v) is 3.95. The highest BCUT2D eigenvalue weighted by Crippen LogP contribution is 2.41. The van der Waals surface area contributed by atoms with Gasteiger partial charge in [-0.1, -0.05) is 0 Å². The van der Waals surface area contributed by atoms with Crippen LogP contribution >= 0.6 is 0 Å². The summed E-state index contributed by atoms with van der Waals surface area (Å²) in [5, 5.41) is 2.52. The molecule has 0 spiro atoms. The van der Waals surface area contributed by atoms with Crippen LogP contribution in [0, 0.1) is 23.5 Å². The highest BCUT2D eigenvalue weighted by atomic mass is 19.2. The number of nitrogens with one attached hydrogen (secondary N) is 1. The summed E-state index contributed by atoms with van der Waals surface area (Å²) in [6, 6.07) is 3.17. The molecule has 2 atom stereocenters. The van der Waals surface area contributed by atoms with Gasteiger partial charge in [0.25, 0.3) is 0 Å². The average Bonchev–Trinajstić information content (AvgIpc) is 3.32. The molecule has 0 bridgehead atoms. The van der Waals surface area contributed by atoms with E-state index >= 15 is 0 Å². The Morgan fingerprint density at radius 1 is 1.14 bits per heavy atom. The number of amides is 2. The van der Waals surface area contributed by atoms with Gasteiger partial charge in [-0.15, -0.1) is 0 Å². The fourth-order valence-corrected chi connectivity index (χ4v) is 2.58. The monoisotopic (exact) mass is 310 g/mol. The van der Waals surface area contributed by atoms with E-state index in [1.54, 1.807) is 4.90 Å². The fourth-order valence-electron chi connectivity index (χ4n) is 2.58. The highest BCUT2D eigenvalue weighted by Gasteiger charge is 2.49. The van der Waals surface area contributed by atoms with Crippen LogP contribution in [0.3, 0.4) is 0 Å². The van der Waals surface area contributed by atoms with Gasteiger partial charge in [0, 0.05) is 24.8 Å². The lowest BCUT2D eigenvalue weighted by Gasteiger charge is -2.27. The summed E-state index contributed by atoms with van der Waals surface area (Å²) in [5.74, 6) is -3.07. The summed E-state index contributed by atoms with van der Waals surface area (Å²) < 4.78 is 31.1. The Labute approximate surface area is 126 Å². The number of carbonyl (C=O) groups excluding carboxylic acids is 2. The number of anilines is 1. The number of carbonyl (C=O) groups is 2. The smallest absolute Gasteiger partial charge is 0.228 e. The Morgan fingerprint density at radius 2 is 1.86 bits per heavy atom. The third kappa shape index (κ3) is 3.09. The molecule has 1 N–H and O–H groups in total. The molecule has 1 aromatic rings. The Hall–Kier alpha value is -2.02.